The molecule has 1 unspecified atom stereocenters. The van der Waals surface area contributed by atoms with Crippen molar-refractivity contribution in [3.63, 3.8) is 0 Å². The van der Waals surface area contributed by atoms with Crippen molar-refractivity contribution in [1.82, 2.24) is 9.80 Å². The topological polar surface area (TPSA) is 43.8 Å². The summed E-state index contributed by atoms with van der Waals surface area (Å²) in [5.74, 6) is 0.485. The molecule has 1 aromatic rings. The smallest absolute Gasteiger partial charge is 0.236 e. The van der Waals surface area contributed by atoms with E-state index in [-0.39, 0.29) is 11.9 Å². The van der Waals surface area contributed by atoms with Crippen LogP contribution in [0.3, 0.4) is 0 Å². The molecule has 0 spiro atoms. The van der Waals surface area contributed by atoms with E-state index in [0.29, 0.717) is 12.3 Å². The van der Waals surface area contributed by atoms with Crippen LogP contribution >= 0.6 is 0 Å². The average Bonchev–Trinajstić information content (AvgIpc) is 2.47. The van der Waals surface area contributed by atoms with E-state index in [2.05, 4.69) is 4.90 Å². The van der Waals surface area contributed by atoms with Gasteiger partial charge in [-0.3, -0.25) is 9.69 Å². The van der Waals surface area contributed by atoms with Crippen LogP contribution < -0.4 is 0 Å². The summed E-state index contributed by atoms with van der Waals surface area (Å²) in [6.07, 6.45) is 3.23. The van der Waals surface area contributed by atoms with Crippen molar-refractivity contribution in [1.29, 1.82) is 0 Å². The SMILES string of the molecule is CCN(CC)C(=O)CN(C)C1CCCc2ccc(O)cc21. The van der Waals surface area contributed by atoms with Crippen molar-refractivity contribution in [2.75, 3.05) is 26.7 Å². The first kappa shape index (κ1) is 15.8. The van der Waals surface area contributed by atoms with Gasteiger partial charge in [0.2, 0.25) is 5.91 Å². The molecule has 0 heterocycles. The predicted molar refractivity (Wildman–Crippen MR) is 84.3 cm³/mol. The number of benzene rings is 1. The summed E-state index contributed by atoms with van der Waals surface area (Å²) in [6.45, 7) is 5.96. The Bertz CT molecular complexity index is 498. The van der Waals surface area contributed by atoms with Gasteiger partial charge in [-0.05, 0) is 63.4 Å². The molecule has 0 aromatic heterocycles. The summed E-state index contributed by atoms with van der Waals surface area (Å²) in [4.78, 5) is 16.3. The van der Waals surface area contributed by atoms with Crippen molar-refractivity contribution in [3.05, 3.63) is 29.3 Å². The zero-order chi connectivity index (χ0) is 15.4. The Hall–Kier alpha value is -1.55. The highest BCUT2D eigenvalue weighted by atomic mass is 16.3. The summed E-state index contributed by atoms with van der Waals surface area (Å²) in [7, 11) is 2.01. The monoisotopic (exact) mass is 290 g/mol. The van der Waals surface area contributed by atoms with Crippen LogP contribution in [0.4, 0.5) is 0 Å². The first-order chi connectivity index (χ1) is 10.1. The van der Waals surface area contributed by atoms with Gasteiger partial charge < -0.3 is 10.0 Å². The van der Waals surface area contributed by atoms with Gasteiger partial charge in [-0.15, -0.1) is 0 Å². The molecule has 4 nitrogen and oxygen atoms in total. The lowest BCUT2D eigenvalue weighted by atomic mass is 9.86. The summed E-state index contributed by atoms with van der Waals surface area (Å²) in [5, 5.41) is 9.74. The average molecular weight is 290 g/mol. The third kappa shape index (κ3) is 3.56. The van der Waals surface area contributed by atoms with Crippen LogP contribution in [0.5, 0.6) is 5.75 Å². The lowest BCUT2D eigenvalue weighted by Gasteiger charge is -2.34. The number of amides is 1. The number of carbonyl (C=O) groups is 1. The number of fused-ring (bicyclic) bond motifs is 1. The molecule has 1 aromatic carbocycles. The second-order valence-electron chi connectivity index (χ2n) is 5.77. The van der Waals surface area contributed by atoms with Crippen molar-refractivity contribution in [3.8, 4) is 5.75 Å². The quantitative estimate of drug-likeness (QED) is 0.906. The highest BCUT2D eigenvalue weighted by Crippen LogP contribution is 2.35. The van der Waals surface area contributed by atoms with Crippen LogP contribution in [0.25, 0.3) is 0 Å². The van der Waals surface area contributed by atoms with Crippen LogP contribution in [0, 0.1) is 0 Å². The molecule has 0 radical (unpaired) electrons. The van der Waals surface area contributed by atoms with E-state index < -0.39 is 0 Å². The molecule has 0 saturated carbocycles. The highest BCUT2D eigenvalue weighted by molar-refractivity contribution is 5.78. The van der Waals surface area contributed by atoms with E-state index in [1.165, 1.54) is 11.1 Å². The van der Waals surface area contributed by atoms with Gasteiger partial charge in [0.25, 0.3) is 0 Å². The van der Waals surface area contributed by atoms with Crippen LogP contribution in [0.15, 0.2) is 18.2 Å². The molecule has 1 amide bonds. The van der Waals surface area contributed by atoms with E-state index in [1.807, 2.05) is 37.9 Å². The van der Waals surface area contributed by atoms with Gasteiger partial charge in [0.05, 0.1) is 6.54 Å². The molecule has 0 saturated heterocycles. The number of carbonyl (C=O) groups excluding carboxylic acids is 1. The fraction of sp³-hybridized carbons (Fsp3) is 0.588. The third-order valence-electron chi connectivity index (χ3n) is 4.44. The maximum atomic E-state index is 12.3. The highest BCUT2D eigenvalue weighted by Gasteiger charge is 2.26. The maximum Gasteiger partial charge on any atom is 0.236 e. The first-order valence-corrected chi connectivity index (χ1v) is 7.86. The van der Waals surface area contributed by atoms with E-state index in [0.717, 1.165) is 32.4 Å². The molecule has 0 aliphatic heterocycles. The minimum atomic E-state index is 0.176. The number of rotatable bonds is 5. The molecule has 116 valence electrons. The molecular weight excluding hydrogens is 264 g/mol. The number of hydrogen-bond donors (Lipinski definition) is 1. The molecule has 1 atom stereocenters. The Morgan fingerprint density at radius 2 is 2.05 bits per heavy atom. The summed E-state index contributed by atoms with van der Waals surface area (Å²) in [6, 6.07) is 5.84. The maximum absolute atomic E-state index is 12.3. The summed E-state index contributed by atoms with van der Waals surface area (Å²) >= 11 is 0. The number of nitrogens with zero attached hydrogens (tertiary/aromatic N) is 2. The van der Waals surface area contributed by atoms with Crippen molar-refractivity contribution < 1.29 is 9.90 Å². The molecule has 21 heavy (non-hydrogen) atoms. The van der Waals surface area contributed by atoms with Crippen molar-refractivity contribution >= 4 is 5.91 Å². The van der Waals surface area contributed by atoms with E-state index in [9.17, 15) is 9.90 Å². The van der Waals surface area contributed by atoms with Gasteiger partial charge in [0, 0.05) is 19.1 Å². The van der Waals surface area contributed by atoms with Gasteiger partial charge in [0.15, 0.2) is 0 Å². The number of phenols is 1. The summed E-state index contributed by atoms with van der Waals surface area (Å²) in [5.41, 5.74) is 2.47. The Morgan fingerprint density at radius 3 is 2.71 bits per heavy atom. The van der Waals surface area contributed by atoms with E-state index in [4.69, 9.17) is 0 Å². The first-order valence-electron chi connectivity index (χ1n) is 7.86. The number of phenolic OH excluding ortho intramolecular Hbond substituents is 1. The summed E-state index contributed by atoms with van der Waals surface area (Å²) < 4.78 is 0. The Morgan fingerprint density at radius 1 is 1.33 bits per heavy atom. The molecule has 2 rings (SSSR count). The number of aromatic hydroxyl groups is 1. The molecule has 0 bridgehead atoms. The largest absolute Gasteiger partial charge is 0.508 e. The Balaban J connectivity index is 2.12. The number of aryl methyl sites for hydroxylation is 1. The zero-order valence-electron chi connectivity index (χ0n) is 13.3. The molecule has 1 aliphatic rings. The Kier molecular flexibility index (Phi) is 5.23. The van der Waals surface area contributed by atoms with Crippen molar-refractivity contribution in [2.24, 2.45) is 0 Å². The second-order valence-corrected chi connectivity index (χ2v) is 5.77. The molecule has 0 fully saturated rings. The third-order valence-corrected chi connectivity index (χ3v) is 4.44. The van der Waals surface area contributed by atoms with Crippen LogP contribution in [0.1, 0.15) is 43.9 Å². The number of hydrogen-bond acceptors (Lipinski definition) is 3. The number of likely N-dealkylation sites (N-methyl/N-ethyl adjacent to an activating group) is 2. The van der Waals surface area contributed by atoms with Gasteiger partial charge in [-0.25, -0.2) is 0 Å². The van der Waals surface area contributed by atoms with Crippen LogP contribution in [-0.4, -0.2) is 47.5 Å². The molecular formula is C17H26N2O2. The zero-order valence-corrected chi connectivity index (χ0v) is 13.3. The van der Waals surface area contributed by atoms with Gasteiger partial charge in [-0.1, -0.05) is 6.07 Å². The molecule has 1 N–H and O–H groups in total. The molecule has 1 aliphatic carbocycles. The second kappa shape index (κ2) is 6.94. The van der Waals surface area contributed by atoms with E-state index >= 15 is 0 Å². The lowest BCUT2D eigenvalue weighted by Crippen LogP contribution is -2.40. The van der Waals surface area contributed by atoms with Crippen LogP contribution in [0.2, 0.25) is 0 Å². The van der Waals surface area contributed by atoms with E-state index in [1.54, 1.807) is 6.07 Å². The fourth-order valence-corrected chi connectivity index (χ4v) is 3.22. The van der Waals surface area contributed by atoms with Crippen LogP contribution in [-0.2, 0) is 11.2 Å². The standard InChI is InChI=1S/C17H26N2O2/c1-4-19(5-2)17(21)12-18(3)16-8-6-7-13-9-10-14(20)11-15(13)16/h9-11,16,20H,4-8,12H2,1-3H3. The van der Waals surface area contributed by atoms with Gasteiger partial charge in [-0.2, -0.15) is 0 Å². The minimum absolute atomic E-state index is 0.176. The minimum Gasteiger partial charge on any atom is -0.508 e. The van der Waals surface area contributed by atoms with Crippen molar-refractivity contribution in [2.45, 2.75) is 39.2 Å². The normalized spacial score (nSPS) is 17.6. The van der Waals surface area contributed by atoms with Gasteiger partial charge >= 0.3 is 0 Å². The fourth-order valence-electron chi connectivity index (χ4n) is 3.22. The predicted octanol–water partition coefficient (Wildman–Crippen LogP) is 2.57. The van der Waals surface area contributed by atoms with Gasteiger partial charge in [0.1, 0.15) is 5.75 Å². The Labute approximate surface area is 127 Å². The molecule has 4 heteroatoms. The lowest BCUT2D eigenvalue weighted by molar-refractivity contribution is -0.132.